The lowest BCUT2D eigenvalue weighted by molar-refractivity contribution is -0.151. The zero-order chi connectivity index (χ0) is 14.4. The number of aliphatic carboxylic acids is 1. The fourth-order valence-electron chi connectivity index (χ4n) is 4.06. The minimum atomic E-state index is -0.812. The Morgan fingerprint density at radius 1 is 1.10 bits per heavy atom. The number of hydrogen-bond donors (Lipinski definition) is 1. The van der Waals surface area contributed by atoms with Crippen LogP contribution in [0.15, 0.2) is 12.2 Å². The molecule has 0 radical (unpaired) electrons. The number of carboxylic acids is 1. The van der Waals surface area contributed by atoms with E-state index < -0.39 is 11.9 Å². The standard InChI is InChI=1S/C15H21NO3S/c1-8-6-16(7-9(2)20-8)14(17)12-10-3-4-11(5-10)13(12)15(18)19/h3-4,8-13H,5-7H2,1-2H3,(H,18,19)/t8?,9?,10?,11?,12-,13+/m0/s1. The predicted molar refractivity (Wildman–Crippen MR) is 78.4 cm³/mol. The molecule has 4 unspecified atom stereocenters. The molecule has 2 bridgehead atoms. The number of allylic oxidation sites excluding steroid dienone is 2. The Kier molecular flexibility index (Phi) is 3.56. The van der Waals surface area contributed by atoms with Crippen LogP contribution in [0.5, 0.6) is 0 Å². The van der Waals surface area contributed by atoms with E-state index in [-0.39, 0.29) is 23.7 Å². The lowest BCUT2D eigenvalue weighted by atomic mass is 9.82. The molecule has 1 heterocycles. The van der Waals surface area contributed by atoms with Gasteiger partial charge in [0, 0.05) is 23.6 Å². The smallest absolute Gasteiger partial charge is 0.307 e. The van der Waals surface area contributed by atoms with Gasteiger partial charge >= 0.3 is 5.97 Å². The summed E-state index contributed by atoms with van der Waals surface area (Å²) >= 11 is 1.90. The van der Waals surface area contributed by atoms with Gasteiger partial charge in [-0.1, -0.05) is 26.0 Å². The van der Waals surface area contributed by atoms with E-state index in [0.717, 1.165) is 19.5 Å². The van der Waals surface area contributed by atoms with Crippen molar-refractivity contribution in [2.75, 3.05) is 13.1 Å². The summed E-state index contributed by atoms with van der Waals surface area (Å²) in [6.07, 6.45) is 4.88. The highest BCUT2D eigenvalue weighted by Crippen LogP contribution is 2.49. The van der Waals surface area contributed by atoms with E-state index in [2.05, 4.69) is 19.9 Å². The van der Waals surface area contributed by atoms with E-state index >= 15 is 0 Å². The second-order valence-electron chi connectivity index (χ2n) is 6.34. The Bertz CT molecular complexity index is 454. The third kappa shape index (κ3) is 2.26. The van der Waals surface area contributed by atoms with Crippen LogP contribution in [0.4, 0.5) is 0 Å². The van der Waals surface area contributed by atoms with Gasteiger partial charge in [0.15, 0.2) is 0 Å². The fraction of sp³-hybridized carbons (Fsp3) is 0.733. The van der Waals surface area contributed by atoms with E-state index in [1.807, 2.05) is 22.7 Å². The van der Waals surface area contributed by atoms with Crippen LogP contribution in [0.25, 0.3) is 0 Å². The molecule has 3 aliphatic rings. The predicted octanol–water partition coefficient (Wildman–Crippen LogP) is 1.86. The molecule has 0 aromatic heterocycles. The quantitative estimate of drug-likeness (QED) is 0.790. The summed E-state index contributed by atoms with van der Waals surface area (Å²) < 4.78 is 0. The molecule has 4 nitrogen and oxygen atoms in total. The normalized spacial score (nSPS) is 43.0. The maximum Gasteiger partial charge on any atom is 0.307 e. The Hall–Kier alpha value is -0.970. The van der Waals surface area contributed by atoms with Crippen molar-refractivity contribution in [1.29, 1.82) is 0 Å². The maximum atomic E-state index is 12.8. The van der Waals surface area contributed by atoms with Gasteiger partial charge in [-0.3, -0.25) is 9.59 Å². The van der Waals surface area contributed by atoms with Gasteiger partial charge in [0.1, 0.15) is 0 Å². The van der Waals surface area contributed by atoms with Crippen molar-refractivity contribution in [3.63, 3.8) is 0 Å². The number of thioether (sulfide) groups is 1. The topological polar surface area (TPSA) is 57.6 Å². The van der Waals surface area contributed by atoms with Crippen LogP contribution < -0.4 is 0 Å². The van der Waals surface area contributed by atoms with Crippen molar-refractivity contribution < 1.29 is 14.7 Å². The molecule has 2 fully saturated rings. The maximum absolute atomic E-state index is 12.8. The van der Waals surface area contributed by atoms with Crippen LogP contribution in [0, 0.1) is 23.7 Å². The molecule has 3 rings (SSSR count). The van der Waals surface area contributed by atoms with Crippen molar-refractivity contribution in [2.24, 2.45) is 23.7 Å². The molecule has 0 aromatic rings. The van der Waals surface area contributed by atoms with Gasteiger partial charge in [-0.2, -0.15) is 11.8 Å². The average molecular weight is 295 g/mol. The Labute approximate surface area is 123 Å². The van der Waals surface area contributed by atoms with Crippen LogP contribution in [0.1, 0.15) is 20.3 Å². The Balaban J connectivity index is 1.79. The highest BCUT2D eigenvalue weighted by molar-refractivity contribution is 8.00. The van der Waals surface area contributed by atoms with E-state index in [1.165, 1.54) is 0 Å². The highest BCUT2D eigenvalue weighted by atomic mass is 32.2. The summed E-state index contributed by atoms with van der Waals surface area (Å²) in [6, 6.07) is 0. The molecule has 0 spiro atoms. The molecular formula is C15H21NO3S. The van der Waals surface area contributed by atoms with E-state index in [0.29, 0.717) is 10.5 Å². The summed E-state index contributed by atoms with van der Waals surface area (Å²) in [6.45, 7) is 5.77. The minimum Gasteiger partial charge on any atom is -0.481 e. The van der Waals surface area contributed by atoms with Gasteiger partial charge < -0.3 is 10.0 Å². The number of carbonyl (C=O) groups is 2. The van der Waals surface area contributed by atoms with Gasteiger partial charge in [-0.25, -0.2) is 0 Å². The minimum absolute atomic E-state index is 0.0560. The molecule has 1 aliphatic heterocycles. The molecule has 1 amide bonds. The molecule has 0 aromatic carbocycles. The Morgan fingerprint density at radius 2 is 1.65 bits per heavy atom. The number of fused-ring (bicyclic) bond motifs is 2. The molecule has 1 N–H and O–H groups in total. The summed E-state index contributed by atoms with van der Waals surface area (Å²) in [5, 5.41) is 10.3. The van der Waals surface area contributed by atoms with Crippen molar-refractivity contribution in [2.45, 2.75) is 30.8 Å². The monoisotopic (exact) mass is 295 g/mol. The number of hydrogen-bond acceptors (Lipinski definition) is 3. The first-order chi connectivity index (χ1) is 9.47. The second kappa shape index (κ2) is 5.10. The van der Waals surface area contributed by atoms with Crippen LogP contribution in [0.2, 0.25) is 0 Å². The number of amides is 1. The molecule has 6 atom stereocenters. The van der Waals surface area contributed by atoms with E-state index in [9.17, 15) is 14.7 Å². The Morgan fingerprint density at radius 3 is 2.20 bits per heavy atom. The van der Waals surface area contributed by atoms with Crippen LogP contribution in [-0.2, 0) is 9.59 Å². The SMILES string of the molecule is CC1CN(C(=O)[C@H]2C3C=CC(C3)[C@H]2C(=O)O)CC(C)S1. The van der Waals surface area contributed by atoms with Crippen molar-refractivity contribution in [3.05, 3.63) is 12.2 Å². The molecule has 20 heavy (non-hydrogen) atoms. The molecule has 1 saturated heterocycles. The van der Waals surface area contributed by atoms with Crippen molar-refractivity contribution in [1.82, 2.24) is 4.90 Å². The highest BCUT2D eigenvalue weighted by Gasteiger charge is 2.52. The van der Waals surface area contributed by atoms with Gasteiger partial charge in [0.05, 0.1) is 11.8 Å². The average Bonchev–Trinajstić information content (AvgIpc) is 2.96. The second-order valence-corrected chi connectivity index (χ2v) is 8.22. The molecule has 110 valence electrons. The van der Waals surface area contributed by atoms with Crippen molar-refractivity contribution >= 4 is 23.6 Å². The number of carboxylic acid groups (broad SMARTS) is 1. The van der Waals surface area contributed by atoms with Crippen LogP contribution in [0.3, 0.4) is 0 Å². The molecule has 1 saturated carbocycles. The summed E-state index contributed by atoms with van der Waals surface area (Å²) in [5.74, 6) is -1.42. The van der Waals surface area contributed by atoms with Crippen molar-refractivity contribution in [3.8, 4) is 0 Å². The summed E-state index contributed by atoms with van der Waals surface area (Å²) in [5.41, 5.74) is 0. The summed E-state index contributed by atoms with van der Waals surface area (Å²) in [4.78, 5) is 26.2. The van der Waals surface area contributed by atoms with Gasteiger partial charge in [-0.05, 0) is 18.3 Å². The lowest BCUT2D eigenvalue weighted by Gasteiger charge is -2.38. The van der Waals surface area contributed by atoms with Gasteiger partial charge in [-0.15, -0.1) is 0 Å². The molecular weight excluding hydrogens is 274 g/mol. The van der Waals surface area contributed by atoms with Crippen LogP contribution in [-0.4, -0.2) is 45.5 Å². The van der Waals surface area contributed by atoms with Crippen LogP contribution >= 0.6 is 11.8 Å². The third-order valence-corrected chi connectivity index (χ3v) is 5.99. The number of rotatable bonds is 2. The van der Waals surface area contributed by atoms with E-state index in [4.69, 9.17) is 0 Å². The largest absolute Gasteiger partial charge is 0.481 e. The van der Waals surface area contributed by atoms with Gasteiger partial charge in [0.25, 0.3) is 0 Å². The zero-order valence-corrected chi connectivity index (χ0v) is 12.7. The third-order valence-electron chi connectivity index (χ3n) is 4.76. The first kappa shape index (κ1) is 14.0. The fourth-order valence-corrected chi connectivity index (χ4v) is 5.39. The van der Waals surface area contributed by atoms with Gasteiger partial charge in [0.2, 0.25) is 5.91 Å². The zero-order valence-electron chi connectivity index (χ0n) is 11.9. The number of carbonyl (C=O) groups excluding carboxylic acids is 1. The first-order valence-corrected chi connectivity index (χ1v) is 8.27. The van der Waals surface area contributed by atoms with E-state index in [1.54, 1.807) is 0 Å². The number of nitrogens with zero attached hydrogens (tertiary/aromatic N) is 1. The molecule has 5 heteroatoms. The first-order valence-electron chi connectivity index (χ1n) is 7.32. The summed E-state index contributed by atoms with van der Waals surface area (Å²) in [7, 11) is 0. The molecule has 2 aliphatic carbocycles. The lowest BCUT2D eigenvalue weighted by Crippen LogP contribution is -2.49.